The number of carbonyl (C=O) groups excluding carboxylic acids is 1. The second-order valence-electron chi connectivity index (χ2n) is 4.60. The first-order valence-corrected chi connectivity index (χ1v) is 6.11. The molecule has 0 aliphatic heterocycles. The highest BCUT2D eigenvalue weighted by atomic mass is 16.6. The maximum absolute atomic E-state index is 12.1. The zero-order valence-electron chi connectivity index (χ0n) is 10.3. The van der Waals surface area contributed by atoms with Gasteiger partial charge in [-0.1, -0.05) is 19.3 Å². The van der Waals surface area contributed by atoms with Gasteiger partial charge in [0.1, 0.15) is 4.92 Å². The summed E-state index contributed by atoms with van der Waals surface area (Å²) < 4.78 is 4.93. The van der Waals surface area contributed by atoms with Crippen LogP contribution in [0.25, 0.3) is 0 Å². The van der Waals surface area contributed by atoms with Gasteiger partial charge in [-0.2, -0.15) is 0 Å². The summed E-state index contributed by atoms with van der Waals surface area (Å²) in [5.41, 5.74) is 0. The minimum atomic E-state index is -0.641. The molecule has 1 fully saturated rings. The van der Waals surface area contributed by atoms with Crippen molar-refractivity contribution in [1.82, 2.24) is 4.90 Å². The highest BCUT2D eigenvalue weighted by molar-refractivity contribution is 5.91. The first-order chi connectivity index (χ1) is 8.59. The van der Waals surface area contributed by atoms with Crippen LogP contribution in [-0.2, 0) is 0 Å². The van der Waals surface area contributed by atoms with Crippen LogP contribution in [0.3, 0.4) is 0 Å². The number of nitrogens with zero attached hydrogens (tertiary/aromatic N) is 2. The van der Waals surface area contributed by atoms with Crippen LogP contribution >= 0.6 is 0 Å². The Bertz CT molecular complexity index is 449. The quantitative estimate of drug-likeness (QED) is 0.612. The average Bonchev–Trinajstić information content (AvgIpc) is 2.88. The molecule has 1 aromatic rings. The molecule has 1 amide bonds. The van der Waals surface area contributed by atoms with Gasteiger partial charge in [0.2, 0.25) is 0 Å². The van der Waals surface area contributed by atoms with Gasteiger partial charge in [-0.05, 0) is 18.9 Å². The van der Waals surface area contributed by atoms with E-state index in [2.05, 4.69) is 0 Å². The van der Waals surface area contributed by atoms with E-state index >= 15 is 0 Å². The first kappa shape index (κ1) is 12.6. The highest BCUT2D eigenvalue weighted by Crippen LogP contribution is 2.24. The van der Waals surface area contributed by atoms with Gasteiger partial charge in [0.15, 0.2) is 5.76 Å². The van der Waals surface area contributed by atoms with Crippen molar-refractivity contribution in [1.29, 1.82) is 0 Å². The number of amides is 1. The summed E-state index contributed by atoms with van der Waals surface area (Å²) in [6, 6.07) is 2.79. The summed E-state index contributed by atoms with van der Waals surface area (Å²) in [6.07, 6.45) is 5.45. The normalized spacial score (nSPS) is 16.5. The second-order valence-corrected chi connectivity index (χ2v) is 4.60. The third kappa shape index (κ3) is 2.52. The summed E-state index contributed by atoms with van der Waals surface area (Å²) in [5.74, 6) is -0.639. The zero-order chi connectivity index (χ0) is 13.1. The molecule has 1 saturated carbocycles. The number of hydrogen-bond donors (Lipinski definition) is 0. The molecule has 6 heteroatoms. The van der Waals surface area contributed by atoms with Gasteiger partial charge in [-0.25, -0.2) is 0 Å². The Kier molecular flexibility index (Phi) is 3.64. The van der Waals surface area contributed by atoms with Crippen LogP contribution in [0.2, 0.25) is 0 Å². The van der Waals surface area contributed by atoms with E-state index < -0.39 is 10.8 Å². The van der Waals surface area contributed by atoms with Gasteiger partial charge in [-0.3, -0.25) is 14.9 Å². The number of rotatable bonds is 3. The number of hydrogen-bond acceptors (Lipinski definition) is 4. The smallest absolute Gasteiger partial charge is 0.395 e. The lowest BCUT2D eigenvalue weighted by Gasteiger charge is -2.30. The monoisotopic (exact) mass is 252 g/mol. The van der Waals surface area contributed by atoms with Crippen molar-refractivity contribution in [2.45, 2.75) is 38.1 Å². The summed E-state index contributed by atoms with van der Waals surface area (Å²) in [5, 5.41) is 10.5. The second kappa shape index (κ2) is 5.20. The van der Waals surface area contributed by atoms with Crippen molar-refractivity contribution < 1.29 is 14.1 Å². The van der Waals surface area contributed by atoms with Gasteiger partial charge < -0.3 is 9.32 Å². The fourth-order valence-electron chi connectivity index (χ4n) is 2.35. The molecule has 18 heavy (non-hydrogen) atoms. The van der Waals surface area contributed by atoms with Crippen LogP contribution in [-0.4, -0.2) is 28.8 Å². The topological polar surface area (TPSA) is 76.6 Å². The standard InChI is InChI=1S/C12H16N2O4/c1-13(9-5-3-2-4-6-9)12(15)10-7-8-11(18-10)14(16)17/h7-9H,2-6H2,1H3. The molecule has 0 atom stereocenters. The largest absolute Gasteiger partial charge is 0.433 e. The van der Waals surface area contributed by atoms with E-state index in [0.29, 0.717) is 0 Å². The van der Waals surface area contributed by atoms with Crippen LogP contribution < -0.4 is 0 Å². The zero-order valence-corrected chi connectivity index (χ0v) is 10.3. The molecule has 0 saturated heterocycles. The third-order valence-corrected chi connectivity index (χ3v) is 3.43. The Labute approximate surface area is 105 Å². The van der Waals surface area contributed by atoms with Crippen LogP contribution in [0.1, 0.15) is 42.7 Å². The molecular weight excluding hydrogens is 236 g/mol. The van der Waals surface area contributed by atoms with Crippen molar-refractivity contribution in [2.75, 3.05) is 7.05 Å². The summed E-state index contributed by atoms with van der Waals surface area (Å²) in [6.45, 7) is 0. The average molecular weight is 252 g/mol. The fraction of sp³-hybridized carbons (Fsp3) is 0.583. The Morgan fingerprint density at radius 2 is 2.06 bits per heavy atom. The maximum Gasteiger partial charge on any atom is 0.433 e. The van der Waals surface area contributed by atoms with E-state index in [4.69, 9.17) is 4.42 Å². The number of carbonyl (C=O) groups is 1. The molecule has 1 heterocycles. The number of furan rings is 1. The molecule has 0 bridgehead atoms. The lowest BCUT2D eigenvalue weighted by molar-refractivity contribution is -0.402. The van der Waals surface area contributed by atoms with Crippen molar-refractivity contribution >= 4 is 11.8 Å². The summed E-state index contributed by atoms with van der Waals surface area (Å²) in [7, 11) is 1.73. The van der Waals surface area contributed by atoms with E-state index in [0.717, 1.165) is 25.7 Å². The lowest BCUT2D eigenvalue weighted by Crippen LogP contribution is -2.38. The van der Waals surface area contributed by atoms with Crippen molar-refractivity contribution in [3.63, 3.8) is 0 Å². The first-order valence-electron chi connectivity index (χ1n) is 6.11. The Morgan fingerprint density at radius 1 is 1.39 bits per heavy atom. The molecule has 0 spiro atoms. The number of nitro groups is 1. The molecule has 2 rings (SSSR count). The van der Waals surface area contributed by atoms with Gasteiger partial charge in [0.05, 0.1) is 6.07 Å². The Balaban J connectivity index is 2.07. The van der Waals surface area contributed by atoms with Crippen molar-refractivity contribution in [2.24, 2.45) is 0 Å². The van der Waals surface area contributed by atoms with Crippen LogP contribution in [0, 0.1) is 10.1 Å². The molecule has 1 aliphatic rings. The lowest BCUT2D eigenvalue weighted by atomic mass is 9.94. The van der Waals surface area contributed by atoms with E-state index in [-0.39, 0.29) is 17.7 Å². The van der Waals surface area contributed by atoms with E-state index in [1.807, 2.05) is 0 Å². The predicted molar refractivity (Wildman–Crippen MR) is 64.3 cm³/mol. The summed E-state index contributed by atoms with van der Waals surface area (Å²) in [4.78, 5) is 23.6. The molecule has 0 aromatic carbocycles. The van der Waals surface area contributed by atoms with E-state index in [9.17, 15) is 14.9 Å². The minimum Gasteiger partial charge on any atom is -0.395 e. The minimum absolute atomic E-state index is 0.0368. The third-order valence-electron chi connectivity index (χ3n) is 3.43. The molecular formula is C12H16N2O4. The summed E-state index contributed by atoms with van der Waals surface area (Å²) >= 11 is 0. The molecule has 0 N–H and O–H groups in total. The van der Waals surface area contributed by atoms with Crippen LogP contribution in [0.4, 0.5) is 5.88 Å². The molecule has 0 unspecified atom stereocenters. The van der Waals surface area contributed by atoms with Gasteiger partial charge in [0, 0.05) is 13.1 Å². The van der Waals surface area contributed by atoms with Gasteiger partial charge in [-0.15, -0.1) is 0 Å². The molecule has 1 aromatic heterocycles. The van der Waals surface area contributed by atoms with Crippen molar-refractivity contribution in [3.8, 4) is 0 Å². The Hall–Kier alpha value is -1.85. The van der Waals surface area contributed by atoms with Gasteiger partial charge >= 0.3 is 5.88 Å². The molecule has 0 radical (unpaired) electrons. The van der Waals surface area contributed by atoms with E-state index in [1.165, 1.54) is 18.6 Å². The molecule has 98 valence electrons. The SMILES string of the molecule is CN(C(=O)c1ccc([N+](=O)[O-])o1)C1CCCCC1. The highest BCUT2D eigenvalue weighted by Gasteiger charge is 2.26. The fourth-order valence-corrected chi connectivity index (χ4v) is 2.35. The van der Waals surface area contributed by atoms with E-state index in [1.54, 1.807) is 11.9 Å². The molecule has 6 nitrogen and oxygen atoms in total. The van der Waals surface area contributed by atoms with Gasteiger partial charge in [0.25, 0.3) is 5.91 Å². The van der Waals surface area contributed by atoms with Crippen molar-refractivity contribution in [3.05, 3.63) is 28.0 Å². The molecule has 1 aliphatic carbocycles. The van der Waals surface area contributed by atoms with Crippen LogP contribution in [0.15, 0.2) is 16.5 Å². The Morgan fingerprint density at radius 3 is 2.61 bits per heavy atom. The van der Waals surface area contributed by atoms with Crippen LogP contribution in [0.5, 0.6) is 0 Å². The maximum atomic E-state index is 12.1. The predicted octanol–water partition coefficient (Wildman–Crippen LogP) is 2.59.